The monoisotopic (exact) mass is 235 g/mol. The first-order valence-electron chi connectivity index (χ1n) is 5.19. The van der Waals surface area contributed by atoms with Crippen LogP contribution in [0.2, 0.25) is 39.3 Å². The number of hydrogen-bond donors (Lipinski definition) is 1. The van der Waals surface area contributed by atoms with Crippen LogP contribution in [0.4, 0.5) is 0 Å². The highest BCUT2D eigenvalue weighted by molar-refractivity contribution is 6.83. The van der Waals surface area contributed by atoms with E-state index in [2.05, 4.69) is 44.6 Å². The molecule has 0 unspecified atom stereocenters. The van der Waals surface area contributed by atoms with Crippen molar-refractivity contribution in [3.63, 3.8) is 0 Å². The van der Waals surface area contributed by atoms with E-state index in [1.165, 1.54) is 0 Å². The van der Waals surface area contributed by atoms with Crippen LogP contribution >= 0.6 is 0 Å². The first-order chi connectivity index (χ1) is 6.21. The summed E-state index contributed by atoms with van der Waals surface area (Å²) in [6, 6.07) is 0. The number of ether oxygens (including phenoxy) is 1. The van der Waals surface area contributed by atoms with Gasteiger partial charge in [0.2, 0.25) is 0 Å². The highest BCUT2D eigenvalue weighted by atomic mass is 28.4. The van der Waals surface area contributed by atoms with Gasteiger partial charge < -0.3 is 8.85 Å². The molecule has 0 radical (unpaired) electrons. The molecule has 0 aromatic heterocycles. The quantitative estimate of drug-likeness (QED) is 0.745. The minimum absolute atomic E-state index is 0.750. The first-order valence-corrected chi connectivity index (χ1v) is 12.0. The van der Waals surface area contributed by atoms with Gasteiger partial charge in [0, 0.05) is 6.54 Å². The molecular formula is C9H25NO2Si2. The zero-order valence-electron chi connectivity index (χ0n) is 10.4. The molecule has 0 atom stereocenters. The van der Waals surface area contributed by atoms with Crippen LogP contribution in [0.5, 0.6) is 0 Å². The smallest absolute Gasteiger partial charge is 0.170 e. The second kappa shape index (κ2) is 6.02. The van der Waals surface area contributed by atoms with Crippen LogP contribution in [0.25, 0.3) is 0 Å². The third-order valence-corrected chi connectivity index (χ3v) is 6.14. The average Bonchev–Trinajstić information content (AvgIpc) is 2.29. The topological polar surface area (TPSA) is 30.5 Å². The van der Waals surface area contributed by atoms with Crippen LogP contribution in [0, 0.1) is 0 Å². The molecule has 1 heterocycles. The van der Waals surface area contributed by atoms with E-state index < -0.39 is 16.6 Å². The van der Waals surface area contributed by atoms with Crippen LogP contribution in [0.1, 0.15) is 0 Å². The Bertz CT molecular complexity index is 128. The minimum atomic E-state index is -1.23. The predicted octanol–water partition coefficient (Wildman–Crippen LogP) is 2.24. The first kappa shape index (κ1) is 14.3. The maximum atomic E-state index is 5.90. The van der Waals surface area contributed by atoms with Gasteiger partial charge in [0.15, 0.2) is 16.6 Å². The van der Waals surface area contributed by atoms with E-state index in [-0.39, 0.29) is 0 Å². The molecule has 0 bridgehead atoms. The molecule has 0 aliphatic carbocycles. The molecule has 0 amide bonds. The third-order valence-electron chi connectivity index (χ3n) is 1.24. The lowest BCUT2D eigenvalue weighted by atomic mass is 10.7. The van der Waals surface area contributed by atoms with Crippen molar-refractivity contribution in [3.05, 3.63) is 0 Å². The Kier molecular flexibility index (Phi) is 6.15. The Balaban J connectivity index is 0.000000280. The standard InChI is InChI=1S/C6H18OSi2.C3H7NO/c1-8(2,3)7-9(4,5)6;1-2-5-3-4-1/h1-6H3;4H,1-3H2. The Morgan fingerprint density at radius 1 is 1.00 bits per heavy atom. The van der Waals surface area contributed by atoms with Crippen molar-refractivity contribution < 1.29 is 8.85 Å². The maximum absolute atomic E-state index is 5.90. The van der Waals surface area contributed by atoms with E-state index in [4.69, 9.17) is 8.85 Å². The molecule has 1 saturated heterocycles. The molecule has 14 heavy (non-hydrogen) atoms. The van der Waals surface area contributed by atoms with Gasteiger partial charge in [-0.25, -0.2) is 0 Å². The highest BCUT2D eigenvalue weighted by Crippen LogP contribution is 2.12. The summed E-state index contributed by atoms with van der Waals surface area (Å²) < 4.78 is 10.7. The fraction of sp³-hybridized carbons (Fsp3) is 1.00. The van der Waals surface area contributed by atoms with Crippen LogP contribution in [0.15, 0.2) is 0 Å². The summed E-state index contributed by atoms with van der Waals surface area (Å²) in [6.07, 6.45) is 0. The lowest BCUT2D eigenvalue weighted by Crippen LogP contribution is -2.39. The summed E-state index contributed by atoms with van der Waals surface area (Å²) >= 11 is 0. The molecule has 3 nitrogen and oxygen atoms in total. The van der Waals surface area contributed by atoms with E-state index in [1.54, 1.807) is 0 Å². The molecule has 0 spiro atoms. The zero-order valence-corrected chi connectivity index (χ0v) is 12.4. The van der Waals surface area contributed by atoms with Gasteiger partial charge in [0.05, 0.1) is 13.3 Å². The van der Waals surface area contributed by atoms with Crippen molar-refractivity contribution in [1.29, 1.82) is 0 Å². The summed E-state index contributed by atoms with van der Waals surface area (Å²) in [5.74, 6) is 0. The van der Waals surface area contributed by atoms with Crippen molar-refractivity contribution in [2.75, 3.05) is 19.9 Å². The lowest BCUT2D eigenvalue weighted by molar-refractivity contribution is 0.194. The second-order valence-corrected chi connectivity index (χ2v) is 14.6. The summed E-state index contributed by atoms with van der Waals surface area (Å²) in [5.41, 5.74) is 0. The third kappa shape index (κ3) is 12.3. The highest BCUT2D eigenvalue weighted by Gasteiger charge is 2.24. The van der Waals surface area contributed by atoms with Crippen molar-refractivity contribution in [2.24, 2.45) is 0 Å². The maximum Gasteiger partial charge on any atom is 0.170 e. The van der Waals surface area contributed by atoms with E-state index >= 15 is 0 Å². The SMILES string of the molecule is C1COCN1.C[Si](C)(C)O[Si](C)(C)C. The summed E-state index contributed by atoms with van der Waals surface area (Å²) in [7, 11) is -2.46. The minimum Gasteiger partial charge on any atom is -0.456 e. The van der Waals surface area contributed by atoms with Crippen molar-refractivity contribution in [2.45, 2.75) is 39.3 Å². The van der Waals surface area contributed by atoms with Gasteiger partial charge in [-0.2, -0.15) is 0 Å². The van der Waals surface area contributed by atoms with Crippen LogP contribution in [-0.4, -0.2) is 36.5 Å². The van der Waals surface area contributed by atoms with Gasteiger partial charge in [-0.3, -0.25) is 5.32 Å². The van der Waals surface area contributed by atoms with Crippen molar-refractivity contribution in [1.82, 2.24) is 5.32 Å². The fourth-order valence-electron chi connectivity index (χ4n) is 1.28. The summed E-state index contributed by atoms with van der Waals surface area (Å²) in [4.78, 5) is 0. The van der Waals surface area contributed by atoms with Gasteiger partial charge in [0.1, 0.15) is 0 Å². The normalized spacial score (nSPS) is 17.6. The number of rotatable bonds is 2. The molecule has 1 aliphatic heterocycles. The fourth-order valence-corrected chi connectivity index (χ4v) is 8.63. The number of nitrogens with one attached hydrogen (secondary N) is 1. The summed E-state index contributed by atoms with van der Waals surface area (Å²) in [5, 5.41) is 3.00. The largest absolute Gasteiger partial charge is 0.456 e. The van der Waals surface area contributed by atoms with E-state index in [0.29, 0.717) is 0 Å². The van der Waals surface area contributed by atoms with Crippen molar-refractivity contribution in [3.8, 4) is 0 Å². The molecule has 0 aromatic rings. The molecule has 1 aliphatic rings. The molecule has 5 heteroatoms. The Labute approximate surface area is 90.4 Å². The van der Waals surface area contributed by atoms with E-state index in [9.17, 15) is 0 Å². The predicted molar refractivity (Wildman–Crippen MR) is 66.6 cm³/mol. The molecular weight excluding hydrogens is 210 g/mol. The molecule has 1 N–H and O–H groups in total. The molecule has 1 fully saturated rings. The second-order valence-electron chi connectivity index (χ2n) is 5.38. The van der Waals surface area contributed by atoms with Gasteiger partial charge in [-0.1, -0.05) is 0 Å². The molecule has 1 rings (SSSR count). The Morgan fingerprint density at radius 3 is 1.57 bits per heavy atom. The van der Waals surface area contributed by atoms with Crippen LogP contribution < -0.4 is 5.32 Å². The summed E-state index contributed by atoms with van der Waals surface area (Å²) in [6.45, 7) is 16.1. The van der Waals surface area contributed by atoms with Crippen LogP contribution in [0.3, 0.4) is 0 Å². The average molecular weight is 235 g/mol. The van der Waals surface area contributed by atoms with E-state index in [0.717, 1.165) is 19.9 Å². The molecule has 0 aromatic carbocycles. The molecule has 0 saturated carbocycles. The van der Waals surface area contributed by atoms with E-state index in [1.807, 2.05) is 0 Å². The molecule has 86 valence electrons. The van der Waals surface area contributed by atoms with Gasteiger partial charge >= 0.3 is 0 Å². The Hall–Kier alpha value is 0.314. The van der Waals surface area contributed by atoms with Gasteiger partial charge in [-0.15, -0.1) is 0 Å². The Morgan fingerprint density at radius 2 is 1.50 bits per heavy atom. The van der Waals surface area contributed by atoms with Gasteiger partial charge in [-0.05, 0) is 39.3 Å². The zero-order chi connectivity index (χ0) is 11.2. The van der Waals surface area contributed by atoms with Gasteiger partial charge in [0.25, 0.3) is 0 Å². The van der Waals surface area contributed by atoms with Crippen molar-refractivity contribution >= 4 is 16.6 Å². The number of hydrogen-bond acceptors (Lipinski definition) is 3. The lowest BCUT2D eigenvalue weighted by Gasteiger charge is -2.27. The van der Waals surface area contributed by atoms with Crippen LogP contribution in [-0.2, 0) is 8.85 Å².